The molecule has 0 aromatic rings. The Morgan fingerprint density at radius 3 is 2.33 bits per heavy atom. The first-order valence-corrected chi connectivity index (χ1v) is 4.76. The molecule has 0 atom stereocenters. The lowest BCUT2D eigenvalue weighted by atomic mass is 9.76. The molecule has 0 aromatic heterocycles. The van der Waals surface area contributed by atoms with Crippen LogP contribution in [0.3, 0.4) is 0 Å². The van der Waals surface area contributed by atoms with Gasteiger partial charge in [-0.25, -0.2) is 4.39 Å². The first-order valence-electron chi connectivity index (χ1n) is 3.96. The van der Waals surface area contributed by atoms with Crippen LogP contribution in [-0.2, 0) is 0 Å². The fourth-order valence-electron chi connectivity index (χ4n) is 1.32. The van der Waals surface area contributed by atoms with Gasteiger partial charge in [0.25, 0.3) is 0 Å². The second-order valence-electron chi connectivity index (χ2n) is 3.07. The maximum Gasteiger partial charge on any atom is 0.136 e. The van der Waals surface area contributed by atoms with Gasteiger partial charge in [0, 0.05) is 4.48 Å². The molecular formula is C10H12BrF. The average molecular weight is 231 g/mol. The van der Waals surface area contributed by atoms with E-state index in [0.29, 0.717) is 22.9 Å². The molecule has 0 saturated heterocycles. The van der Waals surface area contributed by atoms with Crippen molar-refractivity contribution in [2.75, 3.05) is 0 Å². The van der Waals surface area contributed by atoms with Gasteiger partial charge in [0.1, 0.15) is 5.67 Å². The SMILES string of the molecule is C=C/C(=C\C(=C)Br)C1(F)CCC1. The van der Waals surface area contributed by atoms with E-state index in [1.165, 1.54) is 0 Å². The molecule has 0 nitrogen and oxygen atoms in total. The molecule has 0 unspecified atom stereocenters. The van der Waals surface area contributed by atoms with Crippen LogP contribution in [0.2, 0.25) is 0 Å². The summed E-state index contributed by atoms with van der Waals surface area (Å²) in [5, 5.41) is 0. The van der Waals surface area contributed by atoms with Crippen molar-refractivity contribution in [3.05, 3.63) is 35.4 Å². The molecule has 0 aromatic carbocycles. The highest BCUT2D eigenvalue weighted by molar-refractivity contribution is 9.11. The van der Waals surface area contributed by atoms with Gasteiger partial charge < -0.3 is 0 Å². The lowest BCUT2D eigenvalue weighted by Gasteiger charge is -2.35. The lowest BCUT2D eigenvalue weighted by Crippen LogP contribution is -2.33. The molecular weight excluding hydrogens is 219 g/mol. The normalized spacial score (nSPS) is 21.3. The molecule has 0 radical (unpaired) electrons. The van der Waals surface area contributed by atoms with E-state index in [1.807, 2.05) is 0 Å². The van der Waals surface area contributed by atoms with Gasteiger partial charge in [0.2, 0.25) is 0 Å². The minimum absolute atomic E-state index is 0.616. The number of hydrogen-bond acceptors (Lipinski definition) is 0. The van der Waals surface area contributed by atoms with Crippen LogP contribution in [0, 0.1) is 0 Å². The van der Waals surface area contributed by atoms with Gasteiger partial charge in [-0.15, -0.1) is 0 Å². The summed E-state index contributed by atoms with van der Waals surface area (Å²) in [7, 11) is 0. The topological polar surface area (TPSA) is 0 Å². The summed E-state index contributed by atoms with van der Waals surface area (Å²) in [5.41, 5.74) is -0.478. The Bertz CT molecular complexity index is 236. The van der Waals surface area contributed by atoms with Crippen molar-refractivity contribution in [2.24, 2.45) is 0 Å². The molecule has 0 aliphatic heterocycles. The third-order valence-corrected chi connectivity index (χ3v) is 2.42. The van der Waals surface area contributed by atoms with E-state index in [2.05, 4.69) is 29.1 Å². The molecule has 2 heteroatoms. The van der Waals surface area contributed by atoms with Crippen molar-refractivity contribution in [2.45, 2.75) is 24.9 Å². The van der Waals surface area contributed by atoms with Crippen molar-refractivity contribution >= 4 is 15.9 Å². The van der Waals surface area contributed by atoms with Gasteiger partial charge in [0.05, 0.1) is 0 Å². The smallest absolute Gasteiger partial charge is 0.136 e. The van der Waals surface area contributed by atoms with E-state index in [0.717, 1.165) is 6.42 Å². The number of halogens is 2. The van der Waals surface area contributed by atoms with Crippen LogP contribution in [0.25, 0.3) is 0 Å². The quantitative estimate of drug-likeness (QED) is 0.646. The zero-order chi connectivity index (χ0) is 9.19. The van der Waals surface area contributed by atoms with Crippen LogP contribution < -0.4 is 0 Å². The molecule has 0 spiro atoms. The molecule has 1 saturated carbocycles. The maximum absolute atomic E-state index is 13.7. The van der Waals surface area contributed by atoms with Crippen molar-refractivity contribution < 1.29 is 4.39 Å². The van der Waals surface area contributed by atoms with Gasteiger partial charge in [0.15, 0.2) is 0 Å². The monoisotopic (exact) mass is 230 g/mol. The minimum atomic E-state index is -1.13. The van der Waals surface area contributed by atoms with Crippen LogP contribution >= 0.6 is 15.9 Å². The summed E-state index contributed by atoms with van der Waals surface area (Å²) < 4.78 is 14.4. The van der Waals surface area contributed by atoms with Gasteiger partial charge in [-0.2, -0.15) is 0 Å². The number of rotatable bonds is 3. The predicted octanol–water partition coefficient (Wildman–Crippen LogP) is 3.90. The van der Waals surface area contributed by atoms with E-state index in [-0.39, 0.29) is 0 Å². The molecule has 12 heavy (non-hydrogen) atoms. The van der Waals surface area contributed by atoms with E-state index >= 15 is 0 Å². The molecule has 0 heterocycles. The van der Waals surface area contributed by atoms with Crippen molar-refractivity contribution in [1.29, 1.82) is 0 Å². The Balaban J connectivity index is 2.80. The maximum atomic E-state index is 13.7. The number of allylic oxidation sites excluding steroid dienone is 4. The lowest BCUT2D eigenvalue weighted by molar-refractivity contribution is 0.109. The average Bonchev–Trinajstić information content (AvgIpc) is 1.95. The summed E-state index contributed by atoms with van der Waals surface area (Å²) in [6.07, 6.45) is 5.48. The second-order valence-corrected chi connectivity index (χ2v) is 4.09. The summed E-state index contributed by atoms with van der Waals surface area (Å²) in [5.74, 6) is 0. The Morgan fingerprint density at radius 1 is 1.50 bits per heavy atom. The summed E-state index contributed by atoms with van der Waals surface area (Å²) in [4.78, 5) is 0. The fraction of sp³-hybridized carbons (Fsp3) is 0.400. The minimum Gasteiger partial charge on any atom is -0.239 e. The Kier molecular flexibility index (Phi) is 2.89. The number of hydrogen-bond donors (Lipinski definition) is 0. The first kappa shape index (κ1) is 9.72. The second kappa shape index (κ2) is 3.56. The Morgan fingerprint density at radius 2 is 2.08 bits per heavy atom. The largest absolute Gasteiger partial charge is 0.239 e. The molecule has 1 aliphatic rings. The van der Waals surface area contributed by atoms with Gasteiger partial charge in [-0.05, 0) is 30.9 Å². The standard InChI is InChI=1S/C10H12BrF/c1-3-9(7-8(2)11)10(12)5-4-6-10/h3,7H,1-2,4-6H2/b9-7+. The van der Waals surface area contributed by atoms with E-state index in [4.69, 9.17) is 0 Å². The molecule has 0 bridgehead atoms. The van der Waals surface area contributed by atoms with E-state index < -0.39 is 5.67 Å². The van der Waals surface area contributed by atoms with E-state index in [1.54, 1.807) is 12.2 Å². The van der Waals surface area contributed by atoms with Crippen molar-refractivity contribution in [1.82, 2.24) is 0 Å². The molecule has 0 N–H and O–H groups in total. The Hall–Kier alpha value is -0.370. The summed E-state index contributed by atoms with van der Waals surface area (Å²) in [6.45, 7) is 7.23. The molecule has 1 aliphatic carbocycles. The van der Waals surface area contributed by atoms with Crippen molar-refractivity contribution in [3.63, 3.8) is 0 Å². The molecule has 1 fully saturated rings. The third kappa shape index (κ3) is 1.86. The van der Waals surface area contributed by atoms with Gasteiger partial charge in [-0.3, -0.25) is 0 Å². The Labute approximate surface area is 81.0 Å². The molecule has 0 amide bonds. The summed E-state index contributed by atoms with van der Waals surface area (Å²) >= 11 is 3.18. The van der Waals surface area contributed by atoms with E-state index in [9.17, 15) is 4.39 Å². The number of alkyl halides is 1. The van der Waals surface area contributed by atoms with Crippen LogP contribution in [0.1, 0.15) is 19.3 Å². The fourth-order valence-corrected chi connectivity index (χ4v) is 1.56. The third-order valence-electron chi connectivity index (χ3n) is 2.20. The highest BCUT2D eigenvalue weighted by Crippen LogP contribution is 2.42. The van der Waals surface area contributed by atoms with Crippen LogP contribution in [0.15, 0.2) is 35.4 Å². The summed E-state index contributed by atoms with van der Waals surface area (Å²) in [6, 6.07) is 0. The van der Waals surface area contributed by atoms with Crippen LogP contribution in [-0.4, -0.2) is 5.67 Å². The zero-order valence-electron chi connectivity index (χ0n) is 6.95. The van der Waals surface area contributed by atoms with Gasteiger partial charge >= 0.3 is 0 Å². The van der Waals surface area contributed by atoms with Crippen LogP contribution in [0.5, 0.6) is 0 Å². The van der Waals surface area contributed by atoms with Gasteiger partial charge in [-0.1, -0.05) is 35.2 Å². The highest BCUT2D eigenvalue weighted by atomic mass is 79.9. The molecule has 1 rings (SSSR count). The van der Waals surface area contributed by atoms with Crippen molar-refractivity contribution in [3.8, 4) is 0 Å². The predicted molar refractivity (Wildman–Crippen MR) is 54.0 cm³/mol. The van der Waals surface area contributed by atoms with Crippen LogP contribution in [0.4, 0.5) is 4.39 Å². The highest BCUT2D eigenvalue weighted by Gasteiger charge is 2.39. The zero-order valence-corrected chi connectivity index (χ0v) is 8.53. The first-order chi connectivity index (χ1) is 5.58. The molecule has 66 valence electrons.